The van der Waals surface area contributed by atoms with Gasteiger partial charge in [-0.05, 0) is 12.6 Å². The third-order valence-corrected chi connectivity index (χ3v) is 6.57. The van der Waals surface area contributed by atoms with Crippen molar-refractivity contribution in [1.29, 1.82) is 0 Å². The summed E-state index contributed by atoms with van der Waals surface area (Å²) >= 11 is 1.41. The number of aromatic nitrogens is 3. The highest BCUT2D eigenvalue weighted by Crippen LogP contribution is 2.41. The molecular formula is C19H24FN5OS. The number of aryl methyl sites for hydroxylation is 1. The maximum atomic E-state index is 14.7. The van der Waals surface area contributed by atoms with Gasteiger partial charge >= 0.3 is 0 Å². The number of thioether (sulfide) groups is 1. The van der Waals surface area contributed by atoms with Crippen LogP contribution in [0.1, 0.15) is 36.1 Å². The Bertz CT molecular complexity index is 833. The molecule has 4 rings (SSSR count). The van der Waals surface area contributed by atoms with Crippen molar-refractivity contribution in [3.05, 3.63) is 41.5 Å². The highest BCUT2D eigenvalue weighted by atomic mass is 32.2. The minimum Gasteiger partial charge on any atom is -0.301 e. The van der Waals surface area contributed by atoms with Gasteiger partial charge in [0.05, 0.1) is 6.04 Å². The van der Waals surface area contributed by atoms with Crippen molar-refractivity contribution < 1.29 is 9.18 Å². The molecule has 0 N–H and O–H groups in total. The number of benzene rings is 1. The monoisotopic (exact) mass is 389 g/mol. The van der Waals surface area contributed by atoms with Crippen LogP contribution in [0.15, 0.2) is 29.4 Å². The van der Waals surface area contributed by atoms with E-state index in [1.807, 2.05) is 13.0 Å². The molecule has 6 nitrogen and oxygen atoms in total. The first-order valence-corrected chi connectivity index (χ1v) is 10.4. The zero-order valence-corrected chi connectivity index (χ0v) is 16.5. The van der Waals surface area contributed by atoms with Crippen LogP contribution in [0.5, 0.6) is 0 Å². The van der Waals surface area contributed by atoms with Crippen molar-refractivity contribution in [2.45, 2.75) is 36.7 Å². The Balaban J connectivity index is 1.66. The Labute approximate surface area is 162 Å². The van der Waals surface area contributed by atoms with Crippen LogP contribution in [0.3, 0.4) is 0 Å². The van der Waals surface area contributed by atoms with Crippen molar-refractivity contribution in [2.24, 2.45) is 0 Å². The van der Waals surface area contributed by atoms with Crippen LogP contribution in [0.2, 0.25) is 0 Å². The van der Waals surface area contributed by atoms with Crippen LogP contribution in [0.25, 0.3) is 0 Å². The Morgan fingerprint density at radius 2 is 1.96 bits per heavy atom. The van der Waals surface area contributed by atoms with Gasteiger partial charge in [0.15, 0.2) is 11.0 Å². The predicted octanol–water partition coefficient (Wildman–Crippen LogP) is 2.47. The fraction of sp³-hybridized carbons (Fsp3) is 0.526. The van der Waals surface area contributed by atoms with E-state index in [2.05, 4.69) is 26.8 Å². The van der Waals surface area contributed by atoms with Crippen LogP contribution >= 0.6 is 11.8 Å². The Morgan fingerprint density at radius 3 is 2.59 bits per heavy atom. The van der Waals surface area contributed by atoms with E-state index in [1.54, 1.807) is 12.1 Å². The minimum absolute atomic E-state index is 0.103. The smallest absolute Gasteiger partial charge is 0.264 e. The largest absolute Gasteiger partial charge is 0.301 e. The molecule has 0 saturated carbocycles. The number of carbonyl (C=O) groups is 1. The minimum atomic E-state index is -0.434. The van der Waals surface area contributed by atoms with Crippen molar-refractivity contribution >= 4 is 17.7 Å². The van der Waals surface area contributed by atoms with Crippen LogP contribution in [0.4, 0.5) is 4.39 Å². The zero-order valence-electron chi connectivity index (χ0n) is 15.6. The van der Waals surface area contributed by atoms with E-state index in [4.69, 9.17) is 0 Å². The molecule has 3 heterocycles. The first-order valence-electron chi connectivity index (χ1n) is 9.50. The lowest BCUT2D eigenvalue weighted by atomic mass is 9.99. The number of likely N-dealkylation sites (N-methyl/N-ethyl adjacent to an activating group) is 1. The van der Waals surface area contributed by atoms with E-state index >= 15 is 0 Å². The Hall–Kier alpha value is -1.77. The van der Waals surface area contributed by atoms with Gasteiger partial charge in [-0.15, -0.1) is 5.10 Å². The van der Waals surface area contributed by atoms with Gasteiger partial charge in [0.2, 0.25) is 0 Å². The fourth-order valence-electron chi connectivity index (χ4n) is 3.82. The molecule has 0 spiro atoms. The average Bonchev–Trinajstić information content (AvgIpc) is 3.23. The number of hydrogen-bond acceptors (Lipinski definition) is 6. The number of carbonyl (C=O) groups excluding carboxylic acids is 1. The zero-order chi connectivity index (χ0) is 19.0. The summed E-state index contributed by atoms with van der Waals surface area (Å²) in [6.45, 7) is 8.60. The van der Waals surface area contributed by atoms with Crippen molar-refractivity contribution in [3.63, 3.8) is 0 Å². The van der Waals surface area contributed by atoms with E-state index in [9.17, 15) is 9.18 Å². The molecule has 27 heavy (non-hydrogen) atoms. The summed E-state index contributed by atoms with van der Waals surface area (Å²) < 4.78 is 16.1. The summed E-state index contributed by atoms with van der Waals surface area (Å²) in [7, 11) is 0. The molecule has 2 aliphatic heterocycles. The molecule has 2 unspecified atom stereocenters. The molecule has 1 aromatic carbocycles. The molecule has 0 radical (unpaired) electrons. The predicted molar refractivity (Wildman–Crippen MR) is 102 cm³/mol. The number of hydrogen-bond donors (Lipinski definition) is 0. The van der Waals surface area contributed by atoms with E-state index in [-0.39, 0.29) is 17.8 Å². The number of piperazine rings is 1. The van der Waals surface area contributed by atoms with Gasteiger partial charge in [0.25, 0.3) is 5.91 Å². The Morgan fingerprint density at radius 1 is 1.22 bits per heavy atom. The number of nitrogens with zero attached hydrogens (tertiary/aromatic N) is 5. The maximum Gasteiger partial charge on any atom is 0.264 e. The number of halogens is 1. The molecule has 1 fully saturated rings. The first kappa shape index (κ1) is 18.6. The number of fused-ring (bicyclic) bond motifs is 1. The summed E-state index contributed by atoms with van der Waals surface area (Å²) in [6, 6.07) is 6.47. The molecule has 8 heteroatoms. The second-order valence-corrected chi connectivity index (χ2v) is 8.00. The molecule has 2 aliphatic rings. The third kappa shape index (κ3) is 3.41. The lowest BCUT2D eigenvalue weighted by Gasteiger charge is -2.40. The van der Waals surface area contributed by atoms with Crippen LogP contribution in [-0.4, -0.2) is 68.4 Å². The summed E-state index contributed by atoms with van der Waals surface area (Å²) in [5.41, 5.74) is 0.578. The van der Waals surface area contributed by atoms with Gasteiger partial charge in [-0.2, -0.15) is 4.68 Å². The topological polar surface area (TPSA) is 54.3 Å². The quantitative estimate of drug-likeness (QED) is 0.783. The van der Waals surface area contributed by atoms with Gasteiger partial charge in [-0.25, -0.2) is 9.37 Å². The second kappa shape index (κ2) is 7.69. The summed E-state index contributed by atoms with van der Waals surface area (Å²) in [6.07, 6.45) is 0.689. The van der Waals surface area contributed by atoms with Gasteiger partial charge in [0.1, 0.15) is 11.1 Å². The van der Waals surface area contributed by atoms with Crippen LogP contribution in [-0.2, 0) is 6.42 Å². The SMILES string of the molecule is CCc1nc2n(n1)C(=O)C(C(c1ccccc1F)N1CCN(CC)CC1)S2. The molecule has 0 amide bonds. The molecule has 0 aliphatic carbocycles. The van der Waals surface area contributed by atoms with E-state index in [1.165, 1.54) is 22.5 Å². The molecule has 144 valence electrons. The standard InChI is InChI=1S/C19H24FN5OS/c1-3-15-21-19-25(22-15)18(26)17(27-19)16(13-7-5-6-8-14(13)20)24-11-9-23(4-2)10-12-24/h5-8,16-17H,3-4,9-12H2,1-2H3. The highest BCUT2D eigenvalue weighted by Gasteiger charge is 2.44. The van der Waals surface area contributed by atoms with Gasteiger partial charge in [-0.1, -0.05) is 43.8 Å². The van der Waals surface area contributed by atoms with Gasteiger partial charge < -0.3 is 4.90 Å². The first-order chi connectivity index (χ1) is 13.1. The molecule has 0 bridgehead atoms. The molecule has 1 aromatic heterocycles. The summed E-state index contributed by atoms with van der Waals surface area (Å²) in [4.78, 5) is 22.2. The summed E-state index contributed by atoms with van der Waals surface area (Å²) in [5, 5.41) is 4.51. The Kier molecular flexibility index (Phi) is 5.29. The molecule has 1 saturated heterocycles. The summed E-state index contributed by atoms with van der Waals surface area (Å²) in [5.74, 6) is 0.303. The van der Waals surface area contributed by atoms with Gasteiger partial charge in [-0.3, -0.25) is 9.69 Å². The average molecular weight is 390 g/mol. The normalized spacial score (nSPS) is 22.2. The molecule has 2 atom stereocenters. The van der Waals surface area contributed by atoms with Gasteiger partial charge in [0, 0.05) is 38.2 Å². The van der Waals surface area contributed by atoms with Crippen LogP contribution in [0, 0.1) is 5.82 Å². The maximum absolute atomic E-state index is 14.7. The fourth-order valence-corrected chi connectivity index (χ4v) is 5.08. The van der Waals surface area contributed by atoms with Crippen molar-refractivity contribution in [3.8, 4) is 0 Å². The van der Waals surface area contributed by atoms with E-state index in [0.29, 0.717) is 23.0 Å². The lowest BCUT2D eigenvalue weighted by molar-refractivity contribution is 0.0732. The lowest BCUT2D eigenvalue weighted by Crippen LogP contribution is -2.50. The van der Waals surface area contributed by atoms with E-state index in [0.717, 1.165) is 32.7 Å². The second-order valence-electron chi connectivity index (χ2n) is 6.89. The molecule has 2 aromatic rings. The number of rotatable bonds is 5. The third-order valence-electron chi connectivity index (χ3n) is 5.38. The van der Waals surface area contributed by atoms with Crippen molar-refractivity contribution in [2.75, 3.05) is 32.7 Å². The highest BCUT2D eigenvalue weighted by molar-refractivity contribution is 8.00. The molecular weight excluding hydrogens is 365 g/mol. The van der Waals surface area contributed by atoms with Crippen LogP contribution < -0.4 is 0 Å². The van der Waals surface area contributed by atoms with E-state index < -0.39 is 5.25 Å². The van der Waals surface area contributed by atoms with Crippen molar-refractivity contribution in [1.82, 2.24) is 24.6 Å².